The van der Waals surface area contributed by atoms with Gasteiger partial charge in [-0.15, -0.1) is 16.8 Å². The van der Waals surface area contributed by atoms with Crippen molar-refractivity contribution in [1.82, 2.24) is 14.8 Å². The molecule has 0 saturated heterocycles. The fourth-order valence-corrected chi connectivity index (χ4v) is 4.34. The SMILES string of the molecule is C=CCn1c(SCC(=O)Nc2c(C)cc(Br)cc2C)nnc1-c1ccccc1. The average Bonchev–Trinajstić information content (AvgIpc) is 3.07. The summed E-state index contributed by atoms with van der Waals surface area (Å²) in [6.07, 6.45) is 1.80. The fourth-order valence-electron chi connectivity index (χ4n) is 2.90. The molecule has 0 aliphatic carbocycles. The quantitative estimate of drug-likeness (QED) is 0.389. The molecule has 0 atom stereocenters. The first kappa shape index (κ1) is 20.4. The molecule has 0 radical (unpaired) electrons. The largest absolute Gasteiger partial charge is 0.325 e. The van der Waals surface area contributed by atoms with Crippen LogP contribution >= 0.6 is 27.7 Å². The number of thioether (sulfide) groups is 1. The Bertz CT molecular complexity index is 978. The molecule has 3 rings (SSSR count). The minimum Gasteiger partial charge on any atom is -0.325 e. The predicted molar refractivity (Wildman–Crippen MR) is 119 cm³/mol. The maximum absolute atomic E-state index is 12.5. The number of hydrogen-bond donors (Lipinski definition) is 1. The van der Waals surface area contributed by atoms with E-state index in [1.165, 1.54) is 11.8 Å². The average molecular weight is 457 g/mol. The Morgan fingerprint density at radius 1 is 1.21 bits per heavy atom. The summed E-state index contributed by atoms with van der Waals surface area (Å²) in [5, 5.41) is 12.3. The number of nitrogens with one attached hydrogen (secondary N) is 1. The third-order valence-corrected chi connectivity index (χ3v) is 5.58. The Morgan fingerprint density at radius 3 is 2.54 bits per heavy atom. The fraction of sp³-hybridized carbons (Fsp3) is 0.190. The van der Waals surface area contributed by atoms with Crippen molar-refractivity contribution < 1.29 is 4.79 Å². The molecule has 144 valence electrons. The van der Waals surface area contributed by atoms with Crippen LogP contribution in [0.1, 0.15) is 11.1 Å². The Morgan fingerprint density at radius 2 is 1.89 bits per heavy atom. The Labute approximate surface area is 177 Å². The van der Waals surface area contributed by atoms with Crippen molar-refractivity contribution >= 4 is 39.3 Å². The number of rotatable bonds is 7. The van der Waals surface area contributed by atoms with E-state index in [2.05, 4.69) is 38.0 Å². The van der Waals surface area contributed by atoms with Gasteiger partial charge in [0.15, 0.2) is 11.0 Å². The molecule has 0 unspecified atom stereocenters. The number of allylic oxidation sites excluding steroid dienone is 1. The predicted octanol–water partition coefficient (Wildman–Crippen LogP) is 5.24. The number of aryl methyl sites for hydroxylation is 2. The molecule has 3 aromatic rings. The lowest BCUT2D eigenvalue weighted by Crippen LogP contribution is -2.16. The summed E-state index contributed by atoms with van der Waals surface area (Å²) in [5.74, 6) is 0.940. The number of carbonyl (C=O) groups excluding carboxylic acids is 1. The number of halogens is 1. The van der Waals surface area contributed by atoms with E-state index < -0.39 is 0 Å². The van der Waals surface area contributed by atoms with Gasteiger partial charge in [-0.2, -0.15) is 0 Å². The summed E-state index contributed by atoms with van der Waals surface area (Å²) in [5.41, 5.74) is 3.87. The molecule has 1 amide bonds. The lowest BCUT2D eigenvalue weighted by Gasteiger charge is -2.12. The lowest BCUT2D eigenvalue weighted by molar-refractivity contribution is -0.113. The molecule has 0 bridgehead atoms. The topological polar surface area (TPSA) is 59.8 Å². The second-order valence-corrected chi connectivity index (χ2v) is 8.18. The molecule has 0 fully saturated rings. The van der Waals surface area contributed by atoms with Gasteiger partial charge in [0, 0.05) is 22.3 Å². The molecule has 0 spiro atoms. The zero-order valence-electron chi connectivity index (χ0n) is 15.8. The summed E-state index contributed by atoms with van der Waals surface area (Å²) >= 11 is 4.84. The summed E-state index contributed by atoms with van der Waals surface area (Å²) in [4.78, 5) is 12.5. The van der Waals surface area contributed by atoms with Gasteiger partial charge in [-0.1, -0.05) is 64.1 Å². The molecule has 1 N–H and O–H groups in total. The number of benzene rings is 2. The van der Waals surface area contributed by atoms with Crippen molar-refractivity contribution in [1.29, 1.82) is 0 Å². The summed E-state index contributed by atoms with van der Waals surface area (Å²) in [7, 11) is 0. The van der Waals surface area contributed by atoms with Crippen LogP contribution in [-0.2, 0) is 11.3 Å². The highest BCUT2D eigenvalue weighted by Gasteiger charge is 2.15. The Balaban J connectivity index is 1.73. The first-order valence-corrected chi connectivity index (χ1v) is 10.6. The van der Waals surface area contributed by atoms with E-state index in [-0.39, 0.29) is 11.7 Å². The Hall–Kier alpha value is -2.38. The molecular weight excluding hydrogens is 436 g/mol. The van der Waals surface area contributed by atoms with Gasteiger partial charge >= 0.3 is 0 Å². The molecule has 0 aliphatic rings. The van der Waals surface area contributed by atoms with E-state index in [0.29, 0.717) is 11.7 Å². The first-order valence-electron chi connectivity index (χ1n) is 8.78. The number of anilines is 1. The molecule has 0 saturated carbocycles. The molecule has 28 heavy (non-hydrogen) atoms. The minimum atomic E-state index is -0.0760. The molecule has 2 aromatic carbocycles. The van der Waals surface area contributed by atoms with Crippen LogP contribution < -0.4 is 5.32 Å². The normalized spacial score (nSPS) is 10.7. The van der Waals surface area contributed by atoms with Crippen LogP contribution in [-0.4, -0.2) is 26.4 Å². The molecule has 1 aromatic heterocycles. The van der Waals surface area contributed by atoms with Crippen LogP contribution in [0, 0.1) is 13.8 Å². The number of aromatic nitrogens is 3. The highest BCUT2D eigenvalue weighted by molar-refractivity contribution is 9.10. The lowest BCUT2D eigenvalue weighted by atomic mass is 10.1. The standard InChI is InChI=1S/C21H21BrN4OS/c1-4-10-26-20(16-8-6-5-7-9-16)24-25-21(26)28-13-18(27)23-19-14(2)11-17(22)12-15(19)3/h4-9,11-12H,1,10,13H2,2-3H3,(H,23,27). The van der Waals surface area contributed by atoms with Gasteiger partial charge in [-0.25, -0.2) is 0 Å². The van der Waals surface area contributed by atoms with Crippen LogP contribution in [0.5, 0.6) is 0 Å². The van der Waals surface area contributed by atoms with Gasteiger partial charge < -0.3 is 5.32 Å². The number of nitrogens with zero attached hydrogens (tertiary/aromatic N) is 3. The van der Waals surface area contributed by atoms with Crippen LogP contribution in [0.4, 0.5) is 5.69 Å². The number of amides is 1. The van der Waals surface area contributed by atoms with E-state index in [1.807, 2.05) is 60.9 Å². The van der Waals surface area contributed by atoms with E-state index in [4.69, 9.17) is 0 Å². The third-order valence-electron chi connectivity index (χ3n) is 4.15. The Kier molecular flexibility index (Phi) is 6.70. The summed E-state index contributed by atoms with van der Waals surface area (Å²) < 4.78 is 2.97. The van der Waals surface area contributed by atoms with Crippen molar-refractivity contribution in [2.45, 2.75) is 25.5 Å². The highest BCUT2D eigenvalue weighted by atomic mass is 79.9. The zero-order chi connectivity index (χ0) is 20.1. The van der Waals surface area contributed by atoms with E-state index in [1.54, 1.807) is 6.08 Å². The zero-order valence-corrected chi connectivity index (χ0v) is 18.2. The third kappa shape index (κ3) is 4.72. The smallest absolute Gasteiger partial charge is 0.234 e. The maximum Gasteiger partial charge on any atom is 0.234 e. The van der Waals surface area contributed by atoms with Crippen molar-refractivity contribution in [3.05, 3.63) is 70.7 Å². The second kappa shape index (κ2) is 9.21. The molecule has 1 heterocycles. The van der Waals surface area contributed by atoms with Gasteiger partial charge in [0.1, 0.15) is 0 Å². The van der Waals surface area contributed by atoms with E-state index in [0.717, 1.165) is 32.7 Å². The van der Waals surface area contributed by atoms with Crippen LogP contribution in [0.2, 0.25) is 0 Å². The molecular formula is C21H21BrN4OS. The van der Waals surface area contributed by atoms with Gasteiger partial charge in [-0.3, -0.25) is 9.36 Å². The van der Waals surface area contributed by atoms with E-state index in [9.17, 15) is 4.79 Å². The van der Waals surface area contributed by atoms with Crippen molar-refractivity contribution in [3.8, 4) is 11.4 Å². The summed E-state index contributed by atoms with van der Waals surface area (Å²) in [6, 6.07) is 13.8. The van der Waals surface area contributed by atoms with Crippen molar-refractivity contribution in [2.75, 3.05) is 11.1 Å². The molecule has 7 heteroatoms. The van der Waals surface area contributed by atoms with Crippen LogP contribution in [0.15, 0.2) is 64.7 Å². The number of hydrogen-bond acceptors (Lipinski definition) is 4. The van der Waals surface area contributed by atoms with E-state index >= 15 is 0 Å². The van der Waals surface area contributed by atoms with Crippen LogP contribution in [0.3, 0.4) is 0 Å². The maximum atomic E-state index is 12.5. The van der Waals surface area contributed by atoms with Crippen molar-refractivity contribution in [3.63, 3.8) is 0 Å². The molecule has 5 nitrogen and oxygen atoms in total. The van der Waals surface area contributed by atoms with Crippen LogP contribution in [0.25, 0.3) is 11.4 Å². The van der Waals surface area contributed by atoms with Gasteiger partial charge in [0.25, 0.3) is 0 Å². The number of carbonyl (C=O) groups is 1. The highest BCUT2D eigenvalue weighted by Crippen LogP contribution is 2.27. The van der Waals surface area contributed by atoms with Crippen molar-refractivity contribution in [2.24, 2.45) is 0 Å². The van der Waals surface area contributed by atoms with Gasteiger partial charge in [0.05, 0.1) is 5.75 Å². The summed E-state index contributed by atoms with van der Waals surface area (Å²) in [6.45, 7) is 8.35. The van der Waals surface area contributed by atoms with Gasteiger partial charge in [0.2, 0.25) is 5.91 Å². The van der Waals surface area contributed by atoms with Gasteiger partial charge in [-0.05, 0) is 37.1 Å². The molecule has 0 aliphatic heterocycles. The minimum absolute atomic E-state index is 0.0760. The monoisotopic (exact) mass is 456 g/mol. The second-order valence-electron chi connectivity index (χ2n) is 6.32. The first-order chi connectivity index (χ1) is 13.5.